The molecule has 7 heteroatoms. The summed E-state index contributed by atoms with van der Waals surface area (Å²) in [5.41, 5.74) is 0. The average molecular weight is 217 g/mol. The van der Waals surface area contributed by atoms with Crippen LogP contribution in [0.5, 0.6) is 0 Å². The van der Waals surface area contributed by atoms with Gasteiger partial charge in [-0.05, 0) is 12.8 Å². The molecular weight excluding hydrogens is 207 g/mol. The van der Waals surface area contributed by atoms with Gasteiger partial charge in [-0.1, -0.05) is 0 Å². The van der Waals surface area contributed by atoms with Gasteiger partial charge in [0.2, 0.25) is 11.3 Å². The predicted molar refractivity (Wildman–Crippen MR) is 41.1 cm³/mol. The Morgan fingerprint density at radius 2 is 1.77 bits per heavy atom. The molecule has 1 N–H and O–H groups in total. The molecule has 1 heterocycles. The molecule has 0 spiro atoms. The van der Waals surface area contributed by atoms with Gasteiger partial charge in [0, 0.05) is 13.1 Å². The van der Waals surface area contributed by atoms with Crippen LogP contribution in [0.15, 0.2) is 0 Å². The molecule has 0 aliphatic carbocycles. The molecule has 1 fully saturated rings. The zero-order chi connectivity index (χ0) is 10.1. The first-order valence-electron chi connectivity index (χ1n) is 3.84. The van der Waals surface area contributed by atoms with Gasteiger partial charge in [-0.25, -0.2) is 8.51 Å². The van der Waals surface area contributed by atoms with Crippen LogP contribution in [-0.4, -0.2) is 32.3 Å². The third-order valence-corrected chi connectivity index (χ3v) is 2.94. The third kappa shape index (κ3) is 2.92. The summed E-state index contributed by atoms with van der Waals surface area (Å²) in [6.07, 6.45) is -4.34. The maximum Gasteiger partial charge on any atom is 0.391 e. The van der Waals surface area contributed by atoms with Gasteiger partial charge < -0.3 is 0 Å². The second kappa shape index (κ2) is 3.93. The molecule has 1 rings (SSSR count). The van der Waals surface area contributed by atoms with E-state index >= 15 is 0 Å². The minimum absolute atomic E-state index is 0.0350. The zero-order valence-electron chi connectivity index (χ0n) is 6.75. The molecule has 1 saturated heterocycles. The van der Waals surface area contributed by atoms with E-state index in [0.717, 1.165) is 4.31 Å². The third-order valence-electron chi connectivity index (χ3n) is 2.14. The molecule has 3 nitrogen and oxygen atoms in total. The summed E-state index contributed by atoms with van der Waals surface area (Å²) in [5.74, 6) is -1.31. The van der Waals surface area contributed by atoms with Gasteiger partial charge in [-0.3, -0.25) is 4.55 Å². The lowest BCUT2D eigenvalue weighted by Crippen LogP contribution is -2.39. The molecule has 0 aromatic rings. The van der Waals surface area contributed by atoms with Crippen LogP contribution in [0.4, 0.5) is 13.2 Å². The number of nitrogens with zero attached hydrogens (tertiary/aromatic N) is 1. The molecule has 0 saturated carbocycles. The Morgan fingerprint density at radius 1 is 1.31 bits per heavy atom. The number of rotatable bonds is 1. The van der Waals surface area contributed by atoms with Crippen LogP contribution in [0.3, 0.4) is 0 Å². The SMILES string of the molecule is O=S(O)N1CCC(C(F)(F)F)CC1. The van der Waals surface area contributed by atoms with Crippen molar-refractivity contribution in [3.63, 3.8) is 0 Å². The lowest BCUT2D eigenvalue weighted by Gasteiger charge is -2.29. The van der Waals surface area contributed by atoms with Crippen molar-refractivity contribution in [1.82, 2.24) is 4.31 Å². The number of halogens is 3. The molecule has 1 aliphatic rings. The first-order chi connectivity index (χ1) is 5.91. The number of piperidine rings is 1. The van der Waals surface area contributed by atoms with E-state index in [-0.39, 0.29) is 25.9 Å². The summed E-state index contributed by atoms with van der Waals surface area (Å²) in [4.78, 5) is 0. The Labute approximate surface area is 76.3 Å². The van der Waals surface area contributed by atoms with E-state index in [1.807, 2.05) is 0 Å². The Morgan fingerprint density at radius 3 is 2.08 bits per heavy atom. The van der Waals surface area contributed by atoms with E-state index in [2.05, 4.69) is 0 Å². The van der Waals surface area contributed by atoms with Crippen LogP contribution in [0.1, 0.15) is 12.8 Å². The molecule has 0 aromatic heterocycles. The summed E-state index contributed by atoms with van der Waals surface area (Å²) < 4.78 is 56.5. The summed E-state index contributed by atoms with van der Waals surface area (Å²) in [5, 5.41) is 0. The molecule has 1 unspecified atom stereocenters. The van der Waals surface area contributed by atoms with Gasteiger partial charge in [0.15, 0.2) is 0 Å². The fraction of sp³-hybridized carbons (Fsp3) is 1.00. The summed E-state index contributed by atoms with van der Waals surface area (Å²) in [6, 6.07) is 0. The van der Waals surface area contributed by atoms with Crippen LogP contribution in [0.25, 0.3) is 0 Å². The highest BCUT2D eigenvalue weighted by atomic mass is 32.2. The summed E-state index contributed by atoms with van der Waals surface area (Å²) in [7, 11) is 0. The van der Waals surface area contributed by atoms with Crippen molar-refractivity contribution in [1.29, 1.82) is 0 Å². The van der Waals surface area contributed by atoms with Crippen molar-refractivity contribution in [3.8, 4) is 0 Å². The fourth-order valence-corrected chi connectivity index (χ4v) is 1.86. The summed E-state index contributed by atoms with van der Waals surface area (Å²) in [6.45, 7) is 0.0700. The van der Waals surface area contributed by atoms with Crippen molar-refractivity contribution in [2.45, 2.75) is 19.0 Å². The van der Waals surface area contributed by atoms with Crippen LogP contribution in [0.2, 0.25) is 0 Å². The summed E-state index contributed by atoms with van der Waals surface area (Å²) >= 11 is -2.13. The first-order valence-corrected chi connectivity index (χ1v) is 4.90. The number of hydrogen-bond acceptors (Lipinski definition) is 1. The number of hydrogen-bond donors (Lipinski definition) is 1. The lowest BCUT2D eigenvalue weighted by molar-refractivity contribution is -0.182. The molecule has 0 aromatic carbocycles. The Bertz CT molecular complexity index is 201. The Balaban J connectivity index is 2.44. The van der Waals surface area contributed by atoms with Crippen LogP contribution in [0, 0.1) is 5.92 Å². The Kier molecular flexibility index (Phi) is 3.31. The normalized spacial score (nSPS) is 24.6. The van der Waals surface area contributed by atoms with Crippen LogP contribution in [-0.2, 0) is 11.3 Å². The Hall–Kier alpha value is -0.140. The lowest BCUT2D eigenvalue weighted by atomic mass is 9.98. The maximum atomic E-state index is 12.1. The van der Waals surface area contributed by atoms with Gasteiger partial charge in [0.1, 0.15) is 0 Å². The molecule has 13 heavy (non-hydrogen) atoms. The fourth-order valence-electron chi connectivity index (χ4n) is 1.34. The largest absolute Gasteiger partial charge is 0.391 e. The standard InChI is InChI=1S/C6H10F3NO2S/c7-6(8,9)5-1-3-10(4-2-5)13(11)12/h5H,1-4H2,(H,11,12). The van der Waals surface area contributed by atoms with Crippen LogP contribution < -0.4 is 0 Å². The van der Waals surface area contributed by atoms with E-state index < -0.39 is 23.4 Å². The predicted octanol–water partition coefficient (Wildman–Crippen LogP) is 1.40. The van der Waals surface area contributed by atoms with Crippen molar-refractivity contribution in [2.75, 3.05) is 13.1 Å². The molecule has 1 aliphatic heterocycles. The average Bonchev–Trinajstić information content (AvgIpc) is 2.03. The second-order valence-electron chi connectivity index (χ2n) is 2.98. The maximum absolute atomic E-state index is 12.1. The smallest absolute Gasteiger partial charge is 0.294 e. The highest BCUT2D eigenvalue weighted by Gasteiger charge is 2.41. The van der Waals surface area contributed by atoms with Gasteiger partial charge in [-0.2, -0.15) is 13.2 Å². The van der Waals surface area contributed by atoms with E-state index in [0.29, 0.717) is 0 Å². The van der Waals surface area contributed by atoms with E-state index in [1.54, 1.807) is 0 Å². The van der Waals surface area contributed by atoms with E-state index in [1.165, 1.54) is 0 Å². The van der Waals surface area contributed by atoms with Gasteiger partial charge in [0.05, 0.1) is 5.92 Å². The zero-order valence-corrected chi connectivity index (χ0v) is 7.57. The minimum Gasteiger partial charge on any atom is -0.294 e. The van der Waals surface area contributed by atoms with Crippen molar-refractivity contribution >= 4 is 11.3 Å². The second-order valence-corrected chi connectivity index (χ2v) is 3.95. The molecule has 0 bridgehead atoms. The molecule has 0 radical (unpaired) electrons. The topological polar surface area (TPSA) is 40.5 Å². The van der Waals surface area contributed by atoms with Gasteiger partial charge in [0.25, 0.3) is 0 Å². The van der Waals surface area contributed by atoms with Crippen molar-refractivity contribution < 1.29 is 21.9 Å². The number of alkyl halides is 3. The van der Waals surface area contributed by atoms with Gasteiger partial charge in [-0.15, -0.1) is 0 Å². The van der Waals surface area contributed by atoms with Gasteiger partial charge >= 0.3 is 6.18 Å². The monoisotopic (exact) mass is 217 g/mol. The van der Waals surface area contributed by atoms with Crippen LogP contribution >= 0.6 is 0 Å². The molecular formula is C6H10F3NO2S. The van der Waals surface area contributed by atoms with Crippen molar-refractivity contribution in [3.05, 3.63) is 0 Å². The van der Waals surface area contributed by atoms with Crippen molar-refractivity contribution in [2.24, 2.45) is 5.92 Å². The highest BCUT2D eigenvalue weighted by Crippen LogP contribution is 2.34. The minimum atomic E-state index is -4.16. The van der Waals surface area contributed by atoms with E-state index in [4.69, 9.17) is 4.55 Å². The van der Waals surface area contributed by atoms with E-state index in [9.17, 15) is 17.4 Å². The highest BCUT2D eigenvalue weighted by molar-refractivity contribution is 7.76. The first kappa shape index (κ1) is 10.9. The molecule has 1 atom stereocenters. The molecule has 0 amide bonds. The molecule has 78 valence electrons. The quantitative estimate of drug-likeness (QED) is 0.674.